The maximum atomic E-state index is 10.6. The van der Waals surface area contributed by atoms with Crippen LogP contribution in [0, 0.1) is 10.1 Å². The lowest BCUT2D eigenvalue weighted by molar-refractivity contribution is -0.385. The van der Waals surface area contributed by atoms with Crippen molar-refractivity contribution in [1.29, 1.82) is 0 Å². The average molecular weight is 226 g/mol. The van der Waals surface area contributed by atoms with Gasteiger partial charge in [0.15, 0.2) is 5.75 Å². The van der Waals surface area contributed by atoms with Gasteiger partial charge in [0.2, 0.25) is 0 Å². The fourth-order valence-corrected chi connectivity index (χ4v) is 1.29. The highest BCUT2D eigenvalue weighted by Gasteiger charge is 2.14. The number of aliphatic hydroxyl groups excluding tert-OH is 1. The van der Waals surface area contributed by atoms with Crippen molar-refractivity contribution in [2.45, 2.75) is 6.54 Å². The summed E-state index contributed by atoms with van der Waals surface area (Å²) in [4.78, 5) is 10.1. The lowest BCUT2D eigenvalue weighted by atomic mass is 10.2. The zero-order valence-corrected chi connectivity index (χ0v) is 8.97. The summed E-state index contributed by atoms with van der Waals surface area (Å²) < 4.78 is 4.93. The standard InChI is InChI=1S/C10H14N2O4/c1-16-10-6-8(7-11-4-5-13)2-3-9(10)12(14)15/h2-3,6,11,13H,4-5,7H2,1H3. The molecule has 6 heteroatoms. The first-order chi connectivity index (χ1) is 7.69. The molecule has 0 saturated heterocycles. The topological polar surface area (TPSA) is 84.6 Å². The molecule has 0 bridgehead atoms. The molecule has 16 heavy (non-hydrogen) atoms. The Hall–Kier alpha value is -1.66. The first-order valence-corrected chi connectivity index (χ1v) is 4.82. The van der Waals surface area contributed by atoms with E-state index >= 15 is 0 Å². The van der Waals surface area contributed by atoms with Crippen LogP contribution in [0.2, 0.25) is 0 Å². The quantitative estimate of drug-likeness (QED) is 0.423. The SMILES string of the molecule is COc1cc(CNCCO)ccc1[N+](=O)[O-]. The minimum absolute atomic E-state index is 0.0478. The fourth-order valence-electron chi connectivity index (χ4n) is 1.29. The van der Waals surface area contributed by atoms with Gasteiger partial charge in [-0.25, -0.2) is 0 Å². The van der Waals surface area contributed by atoms with Crippen LogP contribution in [-0.2, 0) is 6.54 Å². The number of hydrogen-bond acceptors (Lipinski definition) is 5. The lowest BCUT2D eigenvalue weighted by Crippen LogP contribution is -2.17. The molecule has 88 valence electrons. The highest BCUT2D eigenvalue weighted by atomic mass is 16.6. The Morgan fingerprint density at radius 1 is 1.56 bits per heavy atom. The van der Waals surface area contributed by atoms with Gasteiger partial charge in [0.05, 0.1) is 18.6 Å². The number of nitrogens with zero attached hydrogens (tertiary/aromatic N) is 1. The van der Waals surface area contributed by atoms with Crippen molar-refractivity contribution in [3.63, 3.8) is 0 Å². The number of methoxy groups -OCH3 is 1. The van der Waals surface area contributed by atoms with Crippen LogP contribution >= 0.6 is 0 Å². The van der Waals surface area contributed by atoms with Crippen LogP contribution in [0.1, 0.15) is 5.56 Å². The first kappa shape index (κ1) is 12.4. The van der Waals surface area contributed by atoms with E-state index < -0.39 is 4.92 Å². The summed E-state index contributed by atoms with van der Waals surface area (Å²) in [7, 11) is 1.40. The molecular weight excluding hydrogens is 212 g/mol. The van der Waals surface area contributed by atoms with Crippen molar-refractivity contribution in [2.24, 2.45) is 0 Å². The van der Waals surface area contributed by atoms with Crippen LogP contribution in [0.3, 0.4) is 0 Å². The Morgan fingerprint density at radius 2 is 2.31 bits per heavy atom. The van der Waals surface area contributed by atoms with Gasteiger partial charge in [-0.3, -0.25) is 10.1 Å². The Kier molecular flexibility index (Phi) is 4.68. The van der Waals surface area contributed by atoms with Crippen molar-refractivity contribution >= 4 is 5.69 Å². The van der Waals surface area contributed by atoms with Crippen molar-refractivity contribution < 1.29 is 14.8 Å². The zero-order chi connectivity index (χ0) is 12.0. The molecule has 1 rings (SSSR count). The summed E-state index contributed by atoms with van der Waals surface area (Å²) in [5.41, 5.74) is 0.823. The number of rotatable bonds is 6. The molecule has 0 spiro atoms. The second-order valence-electron chi connectivity index (χ2n) is 3.16. The van der Waals surface area contributed by atoms with E-state index in [0.717, 1.165) is 5.56 Å². The van der Waals surface area contributed by atoms with Crippen LogP contribution < -0.4 is 10.1 Å². The van der Waals surface area contributed by atoms with E-state index in [9.17, 15) is 10.1 Å². The zero-order valence-electron chi connectivity index (χ0n) is 8.97. The van der Waals surface area contributed by atoms with E-state index in [2.05, 4.69) is 5.32 Å². The molecule has 0 aromatic heterocycles. The van der Waals surface area contributed by atoms with Gasteiger partial charge < -0.3 is 15.2 Å². The van der Waals surface area contributed by atoms with Crippen LogP contribution in [0.5, 0.6) is 5.75 Å². The van der Waals surface area contributed by atoms with Crippen molar-refractivity contribution in [1.82, 2.24) is 5.32 Å². The summed E-state index contributed by atoms with van der Waals surface area (Å²) in [6.07, 6.45) is 0. The van der Waals surface area contributed by atoms with Gasteiger partial charge in [-0.1, -0.05) is 6.07 Å². The molecule has 0 atom stereocenters. The molecular formula is C10H14N2O4. The van der Waals surface area contributed by atoms with Gasteiger partial charge in [0, 0.05) is 19.2 Å². The normalized spacial score (nSPS) is 10.1. The number of aliphatic hydroxyl groups is 1. The molecule has 1 aromatic carbocycles. The second-order valence-corrected chi connectivity index (χ2v) is 3.16. The second kappa shape index (κ2) is 6.04. The first-order valence-electron chi connectivity index (χ1n) is 4.82. The number of benzene rings is 1. The van der Waals surface area contributed by atoms with Crippen molar-refractivity contribution in [3.05, 3.63) is 33.9 Å². The molecule has 0 aliphatic carbocycles. The number of nitro groups is 1. The van der Waals surface area contributed by atoms with E-state index in [1.165, 1.54) is 13.2 Å². The van der Waals surface area contributed by atoms with Crippen LogP contribution in [0.4, 0.5) is 5.69 Å². The molecule has 0 saturated carbocycles. The molecule has 2 N–H and O–H groups in total. The van der Waals surface area contributed by atoms with Gasteiger partial charge in [-0.15, -0.1) is 0 Å². The predicted molar refractivity (Wildman–Crippen MR) is 58.4 cm³/mol. The predicted octanol–water partition coefficient (Wildman–Crippen LogP) is 0.685. The Morgan fingerprint density at radius 3 is 2.88 bits per heavy atom. The average Bonchev–Trinajstić information content (AvgIpc) is 2.29. The smallest absolute Gasteiger partial charge is 0.310 e. The Labute approximate surface area is 93.0 Å². The summed E-state index contributed by atoms with van der Waals surface area (Å²) >= 11 is 0. The maximum absolute atomic E-state index is 10.6. The molecule has 1 aromatic rings. The maximum Gasteiger partial charge on any atom is 0.310 e. The molecule has 6 nitrogen and oxygen atoms in total. The summed E-state index contributed by atoms with van der Waals surface area (Å²) in [6.45, 7) is 1.08. The fraction of sp³-hybridized carbons (Fsp3) is 0.400. The largest absolute Gasteiger partial charge is 0.490 e. The van der Waals surface area contributed by atoms with Crippen molar-refractivity contribution in [2.75, 3.05) is 20.3 Å². The molecule has 0 radical (unpaired) electrons. The number of nitrogens with one attached hydrogen (secondary N) is 1. The third-order valence-electron chi connectivity index (χ3n) is 2.06. The van der Waals surface area contributed by atoms with Gasteiger partial charge in [-0.05, 0) is 11.6 Å². The van der Waals surface area contributed by atoms with E-state index in [4.69, 9.17) is 9.84 Å². The highest BCUT2D eigenvalue weighted by Crippen LogP contribution is 2.27. The molecule has 0 aliphatic rings. The number of hydrogen-bond donors (Lipinski definition) is 2. The Bertz CT molecular complexity index is 368. The Balaban J connectivity index is 2.78. The monoisotopic (exact) mass is 226 g/mol. The summed E-state index contributed by atoms with van der Waals surface area (Å²) in [5.74, 6) is 0.244. The van der Waals surface area contributed by atoms with Gasteiger partial charge in [0.25, 0.3) is 0 Å². The molecule has 0 unspecified atom stereocenters. The van der Waals surface area contributed by atoms with E-state index in [1.54, 1.807) is 12.1 Å². The summed E-state index contributed by atoms with van der Waals surface area (Å²) in [5, 5.41) is 22.2. The summed E-state index contributed by atoms with van der Waals surface area (Å²) in [6, 6.07) is 4.68. The van der Waals surface area contributed by atoms with E-state index in [-0.39, 0.29) is 18.0 Å². The molecule has 0 aliphatic heterocycles. The number of nitro benzene ring substituents is 1. The van der Waals surface area contributed by atoms with Crippen LogP contribution in [-0.4, -0.2) is 30.3 Å². The van der Waals surface area contributed by atoms with Crippen molar-refractivity contribution in [3.8, 4) is 5.75 Å². The minimum atomic E-state index is -0.482. The van der Waals surface area contributed by atoms with Crippen LogP contribution in [0.25, 0.3) is 0 Å². The van der Waals surface area contributed by atoms with Gasteiger partial charge in [0.1, 0.15) is 0 Å². The third-order valence-corrected chi connectivity index (χ3v) is 2.06. The molecule has 0 heterocycles. The number of ether oxygens (including phenoxy) is 1. The minimum Gasteiger partial charge on any atom is -0.490 e. The lowest BCUT2D eigenvalue weighted by Gasteiger charge is -2.06. The van der Waals surface area contributed by atoms with Gasteiger partial charge >= 0.3 is 5.69 Å². The van der Waals surface area contributed by atoms with Crippen LogP contribution in [0.15, 0.2) is 18.2 Å². The highest BCUT2D eigenvalue weighted by molar-refractivity contribution is 5.48. The van der Waals surface area contributed by atoms with Gasteiger partial charge in [-0.2, -0.15) is 0 Å². The van der Waals surface area contributed by atoms with E-state index in [0.29, 0.717) is 13.1 Å². The molecule has 0 fully saturated rings. The van der Waals surface area contributed by atoms with E-state index in [1.807, 2.05) is 0 Å². The molecule has 0 amide bonds. The third kappa shape index (κ3) is 3.18.